The van der Waals surface area contributed by atoms with Gasteiger partial charge in [-0.25, -0.2) is 0 Å². The molecule has 2 heterocycles. The van der Waals surface area contributed by atoms with Crippen molar-refractivity contribution in [3.05, 3.63) is 29.8 Å². The van der Waals surface area contributed by atoms with Gasteiger partial charge in [-0.05, 0) is 24.5 Å². The molecule has 1 fully saturated rings. The molecule has 20 heavy (non-hydrogen) atoms. The maximum absolute atomic E-state index is 6.11. The highest BCUT2D eigenvalue weighted by Gasteiger charge is 2.30. The third-order valence-corrected chi connectivity index (χ3v) is 4.73. The molecule has 1 saturated heterocycles. The van der Waals surface area contributed by atoms with Gasteiger partial charge in [0.1, 0.15) is 11.9 Å². The van der Waals surface area contributed by atoms with E-state index in [1.165, 1.54) is 18.4 Å². The minimum absolute atomic E-state index is 0.331. The Bertz CT molecular complexity index is 423. The van der Waals surface area contributed by atoms with Crippen LogP contribution in [0.2, 0.25) is 0 Å². The Hall–Kier alpha value is -1.06. The van der Waals surface area contributed by atoms with Gasteiger partial charge in [0.05, 0.1) is 0 Å². The van der Waals surface area contributed by atoms with Crippen molar-refractivity contribution in [2.75, 3.05) is 19.6 Å². The third-order valence-electron chi connectivity index (χ3n) is 4.73. The van der Waals surface area contributed by atoms with Gasteiger partial charge in [0.15, 0.2) is 0 Å². The van der Waals surface area contributed by atoms with E-state index in [1.54, 1.807) is 0 Å². The number of hydrogen-bond acceptors (Lipinski definition) is 3. The Balaban J connectivity index is 1.62. The summed E-state index contributed by atoms with van der Waals surface area (Å²) in [6, 6.07) is 9.76. The molecular weight excluding hydrogens is 248 g/mol. The lowest BCUT2D eigenvalue weighted by Gasteiger charge is -2.40. The van der Waals surface area contributed by atoms with Crippen LogP contribution in [0, 0.1) is 0 Å². The molecule has 1 N–H and O–H groups in total. The maximum atomic E-state index is 6.11. The molecular formula is C17H26N2O. The van der Waals surface area contributed by atoms with Crippen LogP contribution in [0.15, 0.2) is 24.3 Å². The average Bonchev–Trinajstić information content (AvgIpc) is 2.89. The first-order valence-corrected chi connectivity index (χ1v) is 8.02. The third kappa shape index (κ3) is 2.84. The highest BCUT2D eigenvalue weighted by Crippen LogP contribution is 2.29. The van der Waals surface area contributed by atoms with Gasteiger partial charge < -0.3 is 10.1 Å². The molecule has 110 valence electrons. The maximum Gasteiger partial charge on any atom is 0.123 e. The van der Waals surface area contributed by atoms with E-state index >= 15 is 0 Å². The summed E-state index contributed by atoms with van der Waals surface area (Å²) in [7, 11) is 0. The summed E-state index contributed by atoms with van der Waals surface area (Å²) in [4.78, 5) is 2.64. The molecule has 0 aliphatic carbocycles. The van der Waals surface area contributed by atoms with Crippen molar-refractivity contribution in [2.24, 2.45) is 0 Å². The second kappa shape index (κ2) is 6.15. The predicted molar refractivity (Wildman–Crippen MR) is 82.3 cm³/mol. The first-order chi connectivity index (χ1) is 9.80. The van der Waals surface area contributed by atoms with E-state index in [-0.39, 0.29) is 0 Å². The standard InChI is InChI=1S/C17H26N2O/c1-3-14-11-19(15(4-2)10-18-14)12-16-9-13-7-5-6-8-17(13)20-16/h5-8,14-16,18H,3-4,9-12H2,1-2H3. The average molecular weight is 274 g/mol. The first-order valence-electron chi connectivity index (χ1n) is 8.02. The Kier molecular flexibility index (Phi) is 4.27. The lowest BCUT2D eigenvalue weighted by Crippen LogP contribution is -2.57. The number of hydrogen-bond donors (Lipinski definition) is 1. The molecule has 0 radical (unpaired) electrons. The molecule has 1 aromatic rings. The molecule has 0 bridgehead atoms. The summed E-state index contributed by atoms with van der Waals surface area (Å²) in [5.74, 6) is 1.09. The largest absolute Gasteiger partial charge is 0.488 e. The monoisotopic (exact) mass is 274 g/mol. The number of para-hydroxylation sites is 1. The second-order valence-corrected chi connectivity index (χ2v) is 6.08. The summed E-state index contributed by atoms with van der Waals surface area (Å²) < 4.78 is 6.11. The van der Waals surface area contributed by atoms with Crippen LogP contribution in [-0.2, 0) is 6.42 Å². The molecule has 3 nitrogen and oxygen atoms in total. The summed E-state index contributed by atoms with van der Waals surface area (Å²) in [5.41, 5.74) is 1.37. The molecule has 0 aromatic heterocycles. The quantitative estimate of drug-likeness (QED) is 0.913. The van der Waals surface area contributed by atoms with Crippen molar-refractivity contribution in [1.29, 1.82) is 0 Å². The van der Waals surface area contributed by atoms with E-state index in [1.807, 2.05) is 0 Å². The number of fused-ring (bicyclic) bond motifs is 1. The van der Waals surface area contributed by atoms with Crippen LogP contribution >= 0.6 is 0 Å². The van der Waals surface area contributed by atoms with E-state index in [0.717, 1.165) is 31.8 Å². The zero-order valence-corrected chi connectivity index (χ0v) is 12.6. The van der Waals surface area contributed by atoms with E-state index in [2.05, 4.69) is 48.3 Å². The normalized spacial score (nSPS) is 30.0. The van der Waals surface area contributed by atoms with Crippen molar-refractivity contribution in [1.82, 2.24) is 10.2 Å². The van der Waals surface area contributed by atoms with Crippen LogP contribution in [0.5, 0.6) is 5.75 Å². The minimum atomic E-state index is 0.331. The molecule has 2 aliphatic heterocycles. The van der Waals surface area contributed by atoms with Crippen molar-refractivity contribution >= 4 is 0 Å². The van der Waals surface area contributed by atoms with Crippen molar-refractivity contribution < 1.29 is 4.74 Å². The highest BCUT2D eigenvalue weighted by atomic mass is 16.5. The molecule has 0 saturated carbocycles. The lowest BCUT2D eigenvalue weighted by molar-refractivity contribution is 0.0774. The van der Waals surface area contributed by atoms with Crippen LogP contribution in [0.4, 0.5) is 0 Å². The van der Waals surface area contributed by atoms with E-state index in [9.17, 15) is 0 Å². The number of benzene rings is 1. The van der Waals surface area contributed by atoms with Gasteiger partial charge in [-0.15, -0.1) is 0 Å². The fraction of sp³-hybridized carbons (Fsp3) is 0.647. The molecule has 0 amide bonds. The Morgan fingerprint density at radius 3 is 2.85 bits per heavy atom. The topological polar surface area (TPSA) is 24.5 Å². The van der Waals surface area contributed by atoms with Crippen LogP contribution in [0.25, 0.3) is 0 Å². The highest BCUT2D eigenvalue weighted by molar-refractivity contribution is 5.37. The lowest BCUT2D eigenvalue weighted by atomic mass is 10.0. The fourth-order valence-electron chi connectivity index (χ4n) is 3.45. The first kappa shape index (κ1) is 13.9. The van der Waals surface area contributed by atoms with Crippen molar-refractivity contribution in [2.45, 2.75) is 51.3 Å². The number of ether oxygens (including phenoxy) is 1. The van der Waals surface area contributed by atoms with E-state index < -0.39 is 0 Å². The predicted octanol–water partition coefficient (Wildman–Crippen LogP) is 2.45. The van der Waals surface area contributed by atoms with E-state index in [4.69, 9.17) is 4.74 Å². The molecule has 3 atom stereocenters. The summed E-state index contributed by atoms with van der Waals surface area (Å²) >= 11 is 0. The minimum Gasteiger partial charge on any atom is -0.488 e. The van der Waals surface area contributed by atoms with Crippen LogP contribution < -0.4 is 10.1 Å². The Morgan fingerprint density at radius 1 is 1.25 bits per heavy atom. The summed E-state index contributed by atoms with van der Waals surface area (Å²) in [5, 5.41) is 3.66. The zero-order valence-electron chi connectivity index (χ0n) is 12.6. The van der Waals surface area contributed by atoms with Crippen LogP contribution in [0.1, 0.15) is 32.3 Å². The van der Waals surface area contributed by atoms with E-state index in [0.29, 0.717) is 18.2 Å². The molecule has 2 aliphatic rings. The summed E-state index contributed by atoms with van der Waals surface area (Å²) in [6.07, 6.45) is 3.81. The number of nitrogens with zero attached hydrogens (tertiary/aromatic N) is 1. The summed E-state index contributed by atoms with van der Waals surface area (Å²) in [6.45, 7) is 7.89. The molecule has 1 aromatic carbocycles. The molecule has 3 heteroatoms. The van der Waals surface area contributed by atoms with Gasteiger partial charge in [0.2, 0.25) is 0 Å². The zero-order chi connectivity index (χ0) is 13.9. The molecule has 3 unspecified atom stereocenters. The van der Waals surface area contributed by atoms with Crippen molar-refractivity contribution in [3.63, 3.8) is 0 Å². The van der Waals surface area contributed by atoms with Crippen molar-refractivity contribution in [3.8, 4) is 5.75 Å². The van der Waals surface area contributed by atoms with Gasteiger partial charge in [0.25, 0.3) is 0 Å². The second-order valence-electron chi connectivity index (χ2n) is 6.08. The SMILES string of the molecule is CCC1CN(CC2Cc3ccccc3O2)C(CC)CN1. The Labute approximate surface area is 122 Å². The van der Waals surface area contributed by atoms with Gasteiger partial charge in [-0.2, -0.15) is 0 Å². The van der Waals surface area contributed by atoms with Gasteiger partial charge in [-0.1, -0.05) is 32.0 Å². The molecule has 0 spiro atoms. The van der Waals surface area contributed by atoms with Crippen LogP contribution in [0.3, 0.4) is 0 Å². The number of rotatable bonds is 4. The molecule has 3 rings (SSSR count). The Morgan fingerprint density at radius 2 is 2.10 bits per heavy atom. The van der Waals surface area contributed by atoms with Gasteiger partial charge >= 0.3 is 0 Å². The smallest absolute Gasteiger partial charge is 0.123 e. The number of piperazine rings is 1. The number of nitrogens with one attached hydrogen (secondary N) is 1. The van der Waals surface area contributed by atoms with Crippen LogP contribution in [-0.4, -0.2) is 42.7 Å². The fourth-order valence-corrected chi connectivity index (χ4v) is 3.45. The van der Waals surface area contributed by atoms with Gasteiger partial charge in [-0.3, -0.25) is 4.90 Å². The van der Waals surface area contributed by atoms with Gasteiger partial charge in [0, 0.05) is 38.1 Å².